The number of rotatable bonds is 4. The van der Waals surface area contributed by atoms with Crippen LogP contribution in [0.3, 0.4) is 0 Å². The summed E-state index contributed by atoms with van der Waals surface area (Å²) in [6.07, 6.45) is 12.4. The minimum Gasteiger partial charge on any atom is -0.393 e. The molecule has 1 aromatic heterocycles. The Balaban J connectivity index is 1.43. The first-order chi connectivity index (χ1) is 14.4. The van der Waals surface area contributed by atoms with Crippen LogP contribution in [0.25, 0.3) is 0 Å². The van der Waals surface area contributed by atoms with Crippen molar-refractivity contribution in [3.63, 3.8) is 0 Å². The van der Waals surface area contributed by atoms with Gasteiger partial charge in [0.25, 0.3) is 0 Å². The lowest BCUT2D eigenvalue weighted by atomic mass is 9.43. The smallest absolute Gasteiger partial charge is 0.157 e. The second-order valence-electron chi connectivity index (χ2n) is 11.3. The number of nitrogens with zero attached hydrogens (tertiary/aromatic N) is 2. The first-order valence-electron chi connectivity index (χ1n) is 12.1. The van der Waals surface area contributed by atoms with E-state index in [0.717, 1.165) is 32.1 Å². The van der Waals surface area contributed by atoms with Gasteiger partial charge in [0.05, 0.1) is 18.8 Å². The summed E-state index contributed by atoms with van der Waals surface area (Å²) in [6.45, 7) is 5.27. The largest absolute Gasteiger partial charge is 0.393 e. The molecule has 166 valence electrons. The number of hydrogen-bond donors (Lipinski definition) is 1. The average Bonchev–Trinajstić information content (AvgIpc) is 3.34. The van der Waals surface area contributed by atoms with Crippen LogP contribution >= 0.6 is 0 Å². The van der Waals surface area contributed by atoms with Gasteiger partial charge in [0.2, 0.25) is 0 Å². The second kappa shape index (κ2) is 7.44. The van der Waals surface area contributed by atoms with E-state index in [1.807, 2.05) is 19.4 Å². The monoisotopic (exact) mass is 414 g/mol. The molecule has 0 amide bonds. The molecule has 30 heavy (non-hydrogen) atoms. The molecule has 9 atom stereocenters. The summed E-state index contributed by atoms with van der Waals surface area (Å²) in [7, 11) is 1.88. The van der Waals surface area contributed by atoms with Gasteiger partial charge < -0.3 is 9.84 Å². The first-order valence-corrected chi connectivity index (χ1v) is 12.1. The van der Waals surface area contributed by atoms with Gasteiger partial charge in [-0.1, -0.05) is 13.8 Å². The molecule has 5 nitrogen and oxygen atoms in total. The molecule has 0 aliphatic heterocycles. The van der Waals surface area contributed by atoms with Gasteiger partial charge in [0.15, 0.2) is 5.78 Å². The van der Waals surface area contributed by atoms with Gasteiger partial charge in [-0.25, -0.2) is 0 Å². The van der Waals surface area contributed by atoms with Crippen molar-refractivity contribution in [3.05, 3.63) is 18.5 Å². The van der Waals surface area contributed by atoms with E-state index in [2.05, 4.69) is 18.9 Å². The topological polar surface area (TPSA) is 64.4 Å². The Morgan fingerprint density at radius 3 is 2.77 bits per heavy atom. The van der Waals surface area contributed by atoms with E-state index in [1.165, 1.54) is 19.3 Å². The highest BCUT2D eigenvalue weighted by atomic mass is 16.5. The molecule has 4 fully saturated rings. The summed E-state index contributed by atoms with van der Waals surface area (Å²) >= 11 is 0. The standard InChI is InChI=1S/C25H38N2O3/c1-24-10-9-17(28)13-16(24)5-6-18-19-7-8-20(21(29)15-27-12-4-11-26-27)25(19,2)14-22(30-3)23(18)24/h4,11-12,16-20,22-23,28H,5-10,13-15H2,1-3H3/t16-,17+,18-,19-,20+,22-,23+,24-,25-/m0/s1. The van der Waals surface area contributed by atoms with Crippen LogP contribution in [0.1, 0.15) is 65.2 Å². The van der Waals surface area contributed by atoms with Gasteiger partial charge in [0, 0.05) is 25.4 Å². The maximum atomic E-state index is 13.3. The van der Waals surface area contributed by atoms with Crippen molar-refractivity contribution < 1.29 is 14.6 Å². The summed E-state index contributed by atoms with van der Waals surface area (Å²) in [5.74, 6) is 2.90. The number of aliphatic hydroxyl groups is 1. The zero-order valence-corrected chi connectivity index (χ0v) is 18.8. The van der Waals surface area contributed by atoms with Crippen molar-refractivity contribution in [2.75, 3.05) is 7.11 Å². The van der Waals surface area contributed by atoms with Crippen molar-refractivity contribution >= 4 is 5.78 Å². The maximum Gasteiger partial charge on any atom is 0.157 e. The number of hydrogen-bond acceptors (Lipinski definition) is 4. The first kappa shape index (κ1) is 20.7. The molecule has 0 aromatic carbocycles. The molecule has 1 aromatic rings. The highest BCUT2D eigenvalue weighted by Crippen LogP contribution is 2.67. The van der Waals surface area contributed by atoms with Gasteiger partial charge in [-0.05, 0) is 91.9 Å². The summed E-state index contributed by atoms with van der Waals surface area (Å²) in [6, 6.07) is 1.89. The van der Waals surface area contributed by atoms with Crippen LogP contribution in [0.5, 0.6) is 0 Å². The van der Waals surface area contributed by atoms with E-state index in [9.17, 15) is 9.90 Å². The van der Waals surface area contributed by atoms with Gasteiger partial charge in [-0.3, -0.25) is 9.48 Å². The molecule has 0 bridgehead atoms. The fraction of sp³-hybridized carbons (Fsp3) is 0.840. The van der Waals surface area contributed by atoms with Crippen LogP contribution in [0.2, 0.25) is 0 Å². The Bertz CT molecular complexity index is 779. The van der Waals surface area contributed by atoms with Crippen molar-refractivity contribution in [3.8, 4) is 0 Å². The number of carbonyl (C=O) groups is 1. The molecule has 4 aliphatic rings. The molecule has 4 saturated carbocycles. The Morgan fingerprint density at radius 2 is 2.03 bits per heavy atom. The highest BCUT2D eigenvalue weighted by molar-refractivity contribution is 5.82. The number of carbonyl (C=O) groups excluding carboxylic acids is 1. The van der Waals surface area contributed by atoms with Crippen molar-refractivity contribution in [2.45, 2.75) is 84.0 Å². The SMILES string of the molecule is CO[C@H]1C[C@]2(C)[C@@H](C(=O)Cn3cccn3)CC[C@H]2[C@@H]2CC[C@H]3C[C@H](O)CC[C@]3(C)[C@H]21. The zero-order chi connectivity index (χ0) is 21.1. The third-order valence-electron chi connectivity index (χ3n) is 10.1. The summed E-state index contributed by atoms with van der Waals surface area (Å²) in [5, 5.41) is 14.6. The van der Waals surface area contributed by atoms with E-state index in [-0.39, 0.29) is 29.0 Å². The van der Waals surface area contributed by atoms with Gasteiger partial charge in [-0.15, -0.1) is 0 Å². The van der Waals surface area contributed by atoms with Gasteiger partial charge in [0.1, 0.15) is 0 Å². The molecule has 0 unspecified atom stereocenters. The fourth-order valence-electron chi connectivity index (χ4n) is 8.74. The lowest BCUT2D eigenvalue weighted by Gasteiger charge is -2.62. The van der Waals surface area contributed by atoms with Crippen LogP contribution in [-0.2, 0) is 16.1 Å². The van der Waals surface area contributed by atoms with E-state index >= 15 is 0 Å². The van der Waals surface area contributed by atoms with Crippen LogP contribution < -0.4 is 0 Å². The molecule has 1 heterocycles. The van der Waals surface area contributed by atoms with Crippen molar-refractivity contribution in [1.82, 2.24) is 9.78 Å². The van der Waals surface area contributed by atoms with Crippen LogP contribution in [0.15, 0.2) is 18.5 Å². The zero-order valence-electron chi connectivity index (χ0n) is 18.8. The van der Waals surface area contributed by atoms with Crippen LogP contribution in [-0.4, -0.2) is 40.0 Å². The number of aliphatic hydroxyl groups excluding tert-OH is 1. The van der Waals surface area contributed by atoms with Gasteiger partial charge >= 0.3 is 0 Å². The Kier molecular flexibility index (Phi) is 5.13. The molecule has 0 saturated heterocycles. The van der Waals surface area contributed by atoms with E-state index in [4.69, 9.17) is 4.74 Å². The number of methoxy groups -OCH3 is 1. The Hall–Kier alpha value is -1.20. The van der Waals surface area contributed by atoms with Crippen LogP contribution in [0, 0.1) is 40.4 Å². The predicted molar refractivity (Wildman–Crippen MR) is 115 cm³/mol. The lowest BCUT2D eigenvalue weighted by molar-refractivity contribution is -0.186. The molecule has 0 radical (unpaired) electrons. The predicted octanol–water partition coefficient (Wildman–Crippen LogP) is 4.10. The lowest BCUT2D eigenvalue weighted by Crippen LogP contribution is -2.59. The number of ketones is 1. The average molecular weight is 415 g/mol. The molecule has 4 aliphatic carbocycles. The summed E-state index contributed by atoms with van der Waals surface area (Å²) in [5.41, 5.74) is 0.296. The minimum atomic E-state index is -0.120. The number of fused-ring (bicyclic) bond motifs is 5. The normalized spacial score (nSPS) is 47.9. The third kappa shape index (κ3) is 3.02. The van der Waals surface area contributed by atoms with Crippen molar-refractivity contribution in [2.24, 2.45) is 40.4 Å². The molecule has 0 spiro atoms. The fourth-order valence-corrected chi connectivity index (χ4v) is 8.74. The molecule has 1 N–H and O–H groups in total. The molecular formula is C25H38N2O3. The molecule has 5 heteroatoms. The number of ether oxygens (including phenoxy) is 1. The number of aromatic nitrogens is 2. The van der Waals surface area contributed by atoms with E-state index in [0.29, 0.717) is 36.0 Å². The maximum absolute atomic E-state index is 13.3. The van der Waals surface area contributed by atoms with Crippen LogP contribution in [0.4, 0.5) is 0 Å². The Labute approximate surface area is 180 Å². The highest BCUT2D eigenvalue weighted by Gasteiger charge is 2.64. The van der Waals surface area contributed by atoms with Crippen molar-refractivity contribution in [1.29, 1.82) is 0 Å². The molecular weight excluding hydrogens is 376 g/mol. The summed E-state index contributed by atoms with van der Waals surface area (Å²) in [4.78, 5) is 13.3. The van der Waals surface area contributed by atoms with E-state index in [1.54, 1.807) is 10.9 Å². The quantitative estimate of drug-likeness (QED) is 0.806. The second-order valence-corrected chi connectivity index (χ2v) is 11.3. The third-order valence-corrected chi connectivity index (χ3v) is 10.1. The number of Topliss-reactive ketones (excluding diaryl/α,β-unsaturated/α-hetero) is 1. The summed E-state index contributed by atoms with van der Waals surface area (Å²) < 4.78 is 7.99. The minimum absolute atomic E-state index is 0.0312. The van der Waals surface area contributed by atoms with E-state index < -0.39 is 0 Å². The Morgan fingerprint density at radius 1 is 1.20 bits per heavy atom. The van der Waals surface area contributed by atoms with Gasteiger partial charge in [-0.2, -0.15) is 5.10 Å². The molecule has 5 rings (SSSR count).